The molecule has 6 nitrogen and oxygen atoms in total. The summed E-state index contributed by atoms with van der Waals surface area (Å²) in [6.45, 7) is 2.94. The van der Waals surface area contributed by atoms with Crippen molar-refractivity contribution >= 4 is 39.9 Å². The highest BCUT2D eigenvalue weighted by molar-refractivity contribution is 6.05. The summed E-state index contributed by atoms with van der Waals surface area (Å²) in [5.74, 6) is -1.17. The molecule has 2 amide bonds. The van der Waals surface area contributed by atoms with Crippen LogP contribution in [0.3, 0.4) is 0 Å². The van der Waals surface area contributed by atoms with Crippen LogP contribution in [-0.4, -0.2) is 23.9 Å². The molecule has 3 aromatic rings. The van der Waals surface area contributed by atoms with Crippen LogP contribution in [-0.2, 0) is 14.3 Å². The molecule has 0 aliphatic carbocycles. The van der Waals surface area contributed by atoms with Gasteiger partial charge in [-0.05, 0) is 48.0 Å². The van der Waals surface area contributed by atoms with Gasteiger partial charge in [0.15, 0.2) is 6.10 Å². The Morgan fingerprint density at radius 3 is 2.11 bits per heavy atom. The summed E-state index contributed by atoms with van der Waals surface area (Å²) in [4.78, 5) is 35.9. The first-order chi connectivity index (χ1) is 13.4. The molecule has 0 bridgehead atoms. The Morgan fingerprint density at radius 2 is 1.43 bits per heavy atom. The van der Waals surface area contributed by atoms with Gasteiger partial charge in [0, 0.05) is 18.3 Å². The van der Waals surface area contributed by atoms with Crippen LogP contribution in [0, 0.1) is 0 Å². The number of carbonyl (C=O) groups is 3. The third kappa shape index (κ3) is 4.54. The summed E-state index contributed by atoms with van der Waals surface area (Å²) < 4.78 is 5.35. The highest BCUT2D eigenvalue weighted by Gasteiger charge is 2.20. The molecule has 28 heavy (non-hydrogen) atoms. The minimum absolute atomic E-state index is 0.175. The van der Waals surface area contributed by atoms with Gasteiger partial charge in [-0.1, -0.05) is 36.4 Å². The first kappa shape index (κ1) is 19.1. The third-order valence-electron chi connectivity index (χ3n) is 4.14. The normalized spacial score (nSPS) is 11.5. The molecule has 1 atom stereocenters. The zero-order valence-corrected chi connectivity index (χ0v) is 15.6. The van der Waals surface area contributed by atoms with Gasteiger partial charge in [-0.25, -0.2) is 4.79 Å². The Morgan fingerprint density at radius 1 is 0.821 bits per heavy atom. The molecule has 0 spiro atoms. The number of anilines is 2. The second-order valence-corrected chi connectivity index (χ2v) is 6.32. The van der Waals surface area contributed by atoms with Gasteiger partial charge in [0.05, 0.1) is 5.56 Å². The zero-order chi connectivity index (χ0) is 20.1. The molecule has 3 aromatic carbocycles. The lowest BCUT2D eigenvalue weighted by Crippen LogP contribution is -2.30. The smallest absolute Gasteiger partial charge is 0.339 e. The average Bonchev–Trinajstić information content (AvgIpc) is 2.68. The van der Waals surface area contributed by atoms with Crippen molar-refractivity contribution in [1.82, 2.24) is 0 Å². The molecular formula is C22H20N2O4. The van der Waals surface area contributed by atoms with E-state index in [1.807, 2.05) is 30.3 Å². The van der Waals surface area contributed by atoms with Crippen molar-refractivity contribution in [1.29, 1.82) is 0 Å². The number of ether oxygens (including phenoxy) is 1. The first-order valence-electron chi connectivity index (χ1n) is 8.81. The van der Waals surface area contributed by atoms with Crippen molar-refractivity contribution in [2.45, 2.75) is 20.0 Å². The molecule has 0 radical (unpaired) electrons. The van der Waals surface area contributed by atoms with Gasteiger partial charge in [0.25, 0.3) is 5.91 Å². The Hall–Kier alpha value is -3.67. The standard InChI is InChI=1S/C22H20N2O4/c1-14(21(26)24-18-12-10-17(11-13-18)23-15(2)25)28-22(27)20-9-5-7-16-6-3-4-8-19(16)20/h3-14H,1-2H3,(H,23,25)(H,24,26)/t14-/m1/s1. The maximum absolute atomic E-state index is 12.5. The van der Waals surface area contributed by atoms with Gasteiger partial charge < -0.3 is 15.4 Å². The zero-order valence-electron chi connectivity index (χ0n) is 15.6. The predicted molar refractivity (Wildman–Crippen MR) is 108 cm³/mol. The Balaban J connectivity index is 1.65. The molecule has 0 aromatic heterocycles. The van der Waals surface area contributed by atoms with Crippen molar-refractivity contribution in [2.24, 2.45) is 0 Å². The summed E-state index contributed by atoms with van der Waals surface area (Å²) >= 11 is 0. The van der Waals surface area contributed by atoms with Crippen molar-refractivity contribution in [2.75, 3.05) is 10.6 Å². The number of carbonyl (C=O) groups excluding carboxylic acids is 3. The van der Waals surface area contributed by atoms with E-state index in [0.29, 0.717) is 16.9 Å². The number of fused-ring (bicyclic) bond motifs is 1. The number of esters is 1. The average molecular weight is 376 g/mol. The molecule has 0 heterocycles. The quantitative estimate of drug-likeness (QED) is 0.660. The van der Waals surface area contributed by atoms with Crippen molar-refractivity contribution in [3.63, 3.8) is 0 Å². The van der Waals surface area contributed by atoms with E-state index in [1.165, 1.54) is 13.8 Å². The lowest BCUT2D eigenvalue weighted by molar-refractivity contribution is -0.123. The van der Waals surface area contributed by atoms with E-state index in [4.69, 9.17) is 4.74 Å². The number of nitrogens with one attached hydrogen (secondary N) is 2. The summed E-state index contributed by atoms with van der Waals surface area (Å²) in [6, 6.07) is 19.5. The lowest BCUT2D eigenvalue weighted by atomic mass is 10.0. The number of hydrogen-bond donors (Lipinski definition) is 2. The Bertz CT molecular complexity index is 1020. The molecule has 0 aliphatic heterocycles. The number of hydrogen-bond acceptors (Lipinski definition) is 4. The molecule has 2 N–H and O–H groups in total. The molecule has 0 unspecified atom stereocenters. The Labute approximate surface area is 162 Å². The molecular weight excluding hydrogens is 356 g/mol. The van der Waals surface area contributed by atoms with E-state index in [1.54, 1.807) is 36.4 Å². The summed E-state index contributed by atoms with van der Waals surface area (Å²) in [6.07, 6.45) is -0.971. The maximum Gasteiger partial charge on any atom is 0.339 e. The van der Waals surface area contributed by atoms with E-state index in [-0.39, 0.29) is 5.91 Å². The van der Waals surface area contributed by atoms with E-state index >= 15 is 0 Å². The monoisotopic (exact) mass is 376 g/mol. The van der Waals surface area contributed by atoms with Crippen molar-refractivity contribution in [3.05, 3.63) is 72.3 Å². The maximum atomic E-state index is 12.5. The van der Waals surface area contributed by atoms with Crippen LogP contribution in [0.2, 0.25) is 0 Å². The first-order valence-corrected chi connectivity index (χ1v) is 8.81. The second kappa shape index (κ2) is 8.35. The molecule has 3 rings (SSSR count). The minimum Gasteiger partial charge on any atom is -0.449 e. The van der Waals surface area contributed by atoms with Gasteiger partial charge in [-0.3, -0.25) is 9.59 Å². The van der Waals surface area contributed by atoms with Crippen LogP contribution in [0.25, 0.3) is 10.8 Å². The molecule has 0 aliphatic rings. The third-order valence-corrected chi connectivity index (χ3v) is 4.14. The lowest BCUT2D eigenvalue weighted by Gasteiger charge is -2.14. The van der Waals surface area contributed by atoms with Crippen LogP contribution in [0.1, 0.15) is 24.2 Å². The van der Waals surface area contributed by atoms with Crippen molar-refractivity contribution in [3.8, 4) is 0 Å². The van der Waals surface area contributed by atoms with Gasteiger partial charge >= 0.3 is 5.97 Å². The fourth-order valence-electron chi connectivity index (χ4n) is 2.77. The van der Waals surface area contributed by atoms with Gasteiger partial charge in [-0.2, -0.15) is 0 Å². The van der Waals surface area contributed by atoms with Gasteiger partial charge in [0.1, 0.15) is 0 Å². The Kier molecular flexibility index (Phi) is 5.69. The number of benzene rings is 3. The van der Waals surface area contributed by atoms with Gasteiger partial charge in [-0.15, -0.1) is 0 Å². The van der Waals surface area contributed by atoms with Crippen LogP contribution in [0.4, 0.5) is 11.4 Å². The van der Waals surface area contributed by atoms with E-state index in [9.17, 15) is 14.4 Å². The predicted octanol–water partition coefficient (Wildman–Crippen LogP) is 3.98. The van der Waals surface area contributed by atoms with Crippen LogP contribution in [0.5, 0.6) is 0 Å². The topological polar surface area (TPSA) is 84.5 Å². The fraction of sp³-hybridized carbons (Fsp3) is 0.136. The highest BCUT2D eigenvalue weighted by atomic mass is 16.5. The largest absolute Gasteiger partial charge is 0.449 e. The number of rotatable bonds is 5. The number of amides is 2. The summed E-state index contributed by atoms with van der Waals surface area (Å²) in [5.41, 5.74) is 1.57. The van der Waals surface area contributed by atoms with E-state index < -0.39 is 18.0 Å². The van der Waals surface area contributed by atoms with Crippen molar-refractivity contribution < 1.29 is 19.1 Å². The fourth-order valence-corrected chi connectivity index (χ4v) is 2.77. The highest BCUT2D eigenvalue weighted by Crippen LogP contribution is 2.20. The summed E-state index contributed by atoms with van der Waals surface area (Å²) in [7, 11) is 0. The molecule has 142 valence electrons. The summed E-state index contributed by atoms with van der Waals surface area (Å²) in [5, 5.41) is 7.03. The molecule has 0 saturated carbocycles. The van der Waals surface area contributed by atoms with Crippen LogP contribution >= 0.6 is 0 Å². The molecule has 0 saturated heterocycles. The molecule has 6 heteroatoms. The SMILES string of the molecule is CC(=O)Nc1ccc(NC(=O)[C@@H](C)OC(=O)c2cccc3ccccc23)cc1. The van der Waals surface area contributed by atoms with Crippen LogP contribution < -0.4 is 10.6 Å². The van der Waals surface area contributed by atoms with Crippen LogP contribution in [0.15, 0.2) is 66.7 Å². The minimum atomic E-state index is -0.971. The molecule has 0 fully saturated rings. The van der Waals surface area contributed by atoms with E-state index in [0.717, 1.165) is 10.8 Å². The second-order valence-electron chi connectivity index (χ2n) is 6.32. The van der Waals surface area contributed by atoms with E-state index in [2.05, 4.69) is 10.6 Å². The van der Waals surface area contributed by atoms with Gasteiger partial charge in [0.2, 0.25) is 5.91 Å².